The number of nitrogens with one attached hydrogen (secondary N) is 2. The number of benzene rings is 3. The first kappa shape index (κ1) is 49.6. The van der Waals surface area contributed by atoms with Gasteiger partial charge in [0, 0.05) is 48.8 Å². The number of ether oxygens (including phenoxy) is 5. The molecule has 0 spiro atoms. The molecule has 0 bridgehead atoms. The van der Waals surface area contributed by atoms with E-state index in [4.69, 9.17) is 39.6 Å². The topological polar surface area (TPSA) is 205 Å². The van der Waals surface area contributed by atoms with E-state index in [1.165, 1.54) is 6.33 Å². The first-order valence-electron chi connectivity index (χ1n) is 22.9. The van der Waals surface area contributed by atoms with E-state index >= 15 is 0 Å². The number of hydrogen-bond acceptors (Lipinski definition) is 16. The number of terminal acetylenes is 1. The van der Waals surface area contributed by atoms with Crippen molar-refractivity contribution >= 4 is 51.4 Å². The SMILES string of the molecule is C#Cc1cccc(Nc2ncnc3cc(OCCOC)c(OCCOCC#CC#CCOc4cc([C@H](C(=O)N5C[C@H](O)C[C@H]5C5=N[C@@](C)(c6ccc(-c7scnc7C)cc6)C(=O)N5)C(C)C)on4)cc23)c1. The Balaban J connectivity index is 0.826. The number of hydrogen-bond donors (Lipinski definition) is 3. The average molecular weight is 977 g/mol. The molecule has 4 atom stereocenters. The standard InChI is InChI=1S/C53H52N8O9S/c1-7-35-13-12-14-38(25-35)57-49-40-27-43(44(67-23-21-65-6)28-41(40)54-31-55-49)68-24-22-66-19-10-8-9-11-20-69-46-29-45(70-60-46)47(33(2)3)51(63)61-30-39(62)26-42(61)50-58-52(64)53(5,59-50)37-17-15-36(16-18-37)48-34(4)56-32-71-48/h1,12-18,25,27-29,31-33,39,42,47,62H,19-24,26,30H2,2-6H3,(H,54,55,57)(H,58,59,64)/t39-,42+,47-,53+/m1/s1. The number of fused-ring (bicyclic) bond motifs is 1. The van der Waals surface area contributed by atoms with Crippen LogP contribution in [0.5, 0.6) is 17.4 Å². The molecule has 18 heteroatoms. The van der Waals surface area contributed by atoms with Crippen LogP contribution in [0.1, 0.15) is 55.7 Å². The summed E-state index contributed by atoms with van der Waals surface area (Å²) in [5, 5.41) is 21.8. The van der Waals surface area contributed by atoms with Crippen LogP contribution < -0.4 is 24.8 Å². The van der Waals surface area contributed by atoms with Crippen LogP contribution in [0.2, 0.25) is 0 Å². The second-order valence-electron chi connectivity index (χ2n) is 17.1. The summed E-state index contributed by atoms with van der Waals surface area (Å²) < 4.78 is 34.2. The van der Waals surface area contributed by atoms with E-state index in [1.54, 1.807) is 47.9 Å². The molecular formula is C53H52N8O9S. The molecule has 2 amide bonds. The van der Waals surface area contributed by atoms with E-state index in [2.05, 4.69) is 60.3 Å². The number of aryl methyl sites for hydroxylation is 1. The van der Waals surface area contributed by atoms with Crippen molar-refractivity contribution in [3.05, 3.63) is 101 Å². The van der Waals surface area contributed by atoms with Crippen LogP contribution in [0.4, 0.5) is 11.5 Å². The van der Waals surface area contributed by atoms with Gasteiger partial charge in [-0.15, -0.1) is 17.8 Å². The highest BCUT2D eigenvalue weighted by Crippen LogP contribution is 2.38. The molecule has 0 radical (unpaired) electrons. The molecule has 3 N–H and O–H groups in total. The Bertz CT molecular complexity index is 3090. The molecule has 3 aromatic heterocycles. The van der Waals surface area contributed by atoms with Crippen molar-refractivity contribution in [3.8, 4) is 63.8 Å². The minimum absolute atomic E-state index is 0.0396. The van der Waals surface area contributed by atoms with Crippen LogP contribution in [-0.2, 0) is 24.6 Å². The highest BCUT2D eigenvalue weighted by atomic mass is 32.1. The molecule has 2 aliphatic rings. The van der Waals surface area contributed by atoms with Gasteiger partial charge in [-0.2, -0.15) is 0 Å². The summed E-state index contributed by atoms with van der Waals surface area (Å²) in [7, 11) is 1.60. The minimum Gasteiger partial charge on any atom is -0.487 e. The number of nitrogens with zero attached hydrogens (tertiary/aromatic N) is 6. The molecule has 3 aromatic carbocycles. The molecule has 1 fully saturated rings. The second-order valence-corrected chi connectivity index (χ2v) is 17.9. The first-order chi connectivity index (χ1) is 34.4. The number of carbonyl (C=O) groups is 2. The fourth-order valence-electron chi connectivity index (χ4n) is 8.21. The van der Waals surface area contributed by atoms with Crippen LogP contribution in [0.25, 0.3) is 21.3 Å². The van der Waals surface area contributed by atoms with Crippen molar-refractivity contribution in [1.82, 2.24) is 30.3 Å². The maximum absolute atomic E-state index is 14.3. The van der Waals surface area contributed by atoms with Crippen LogP contribution >= 0.6 is 11.3 Å². The second kappa shape index (κ2) is 22.8. The number of aliphatic hydroxyl groups is 1. The first-order valence-corrected chi connectivity index (χ1v) is 23.7. The van der Waals surface area contributed by atoms with E-state index in [9.17, 15) is 14.7 Å². The molecule has 17 nitrogen and oxygen atoms in total. The molecular weight excluding hydrogens is 925 g/mol. The number of thiazole rings is 1. The predicted molar refractivity (Wildman–Crippen MR) is 267 cm³/mol. The number of β-amino-alcohol motifs (C(OH)–C–C–N with tert-alkyl or cyclic N) is 1. The van der Waals surface area contributed by atoms with Gasteiger partial charge in [-0.1, -0.05) is 56.0 Å². The Morgan fingerprint density at radius 3 is 2.52 bits per heavy atom. The van der Waals surface area contributed by atoms with Crippen molar-refractivity contribution < 1.29 is 42.9 Å². The number of likely N-dealkylation sites (tertiary alicyclic amines) is 1. The third kappa shape index (κ3) is 11.6. The average Bonchev–Trinajstić information content (AvgIpc) is 4.18. The largest absolute Gasteiger partial charge is 0.487 e. The lowest BCUT2D eigenvalue weighted by atomic mass is 9.91. The van der Waals surface area contributed by atoms with Crippen molar-refractivity contribution in [3.63, 3.8) is 0 Å². The highest BCUT2D eigenvalue weighted by molar-refractivity contribution is 7.13. The maximum atomic E-state index is 14.3. The monoisotopic (exact) mass is 976 g/mol. The van der Waals surface area contributed by atoms with Gasteiger partial charge in [0.25, 0.3) is 11.8 Å². The fourth-order valence-corrected chi connectivity index (χ4v) is 9.02. The normalized spacial score (nSPS) is 17.6. The Labute approximate surface area is 415 Å². The number of amides is 2. The number of anilines is 2. The summed E-state index contributed by atoms with van der Waals surface area (Å²) in [6.07, 6.45) is 6.46. The van der Waals surface area contributed by atoms with Crippen molar-refractivity contribution in [2.75, 3.05) is 58.6 Å². The third-order valence-corrected chi connectivity index (χ3v) is 12.8. The van der Waals surface area contributed by atoms with Gasteiger partial charge < -0.3 is 48.8 Å². The molecule has 0 aliphatic carbocycles. The molecule has 2 aliphatic heterocycles. The van der Waals surface area contributed by atoms with Gasteiger partial charge in [0.2, 0.25) is 5.91 Å². The van der Waals surface area contributed by atoms with Gasteiger partial charge in [-0.3, -0.25) is 9.59 Å². The predicted octanol–water partition coefficient (Wildman–Crippen LogP) is 6.43. The number of aliphatic hydroxyl groups excluding tert-OH is 1. The van der Waals surface area contributed by atoms with Crippen LogP contribution in [0.3, 0.4) is 0 Å². The van der Waals surface area contributed by atoms with Crippen molar-refractivity contribution in [2.24, 2.45) is 10.9 Å². The summed E-state index contributed by atoms with van der Waals surface area (Å²) in [4.78, 5) is 48.6. The Hall–Kier alpha value is -7.79. The van der Waals surface area contributed by atoms with Crippen LogP contribution in [0.15, 0.2) is 88.1 Å². The van der Waals surface area contributed by atoms with Gasteiger partial charge in [0.05, 0.1) is 47.0 Å². The lowest BCUT2D eigenvalue weighted by Crippen LogP contribution is -2.48. The summed E-state index contributed by atoms with van der Waals surface area (Å²) >= 11 is 1.55. The number of rotatable bonds is 19. The van der Waals surface area contributed by atoms with E-state index in [-0.39, 0.29) is 63.0 Å². The Morgan fingerprint density at radius 1 is 1.00 bits per heavy atom. The van der Waals surface area contributed by atoms with Crippen LogP contribution in [0, 0.1) is 48.9 Å². The fraction of sp³-hybridized carbons (Fsp3) is 0.340. The lowest BCUT2D eigenvalue weighted by molar-refractivity contribution is -0.134. The zero-order valence-electron chi connectivity index (χ0n) is 39.9. The number of aromatic nitrogens is 4. The van der Waals surface area contributed by atoms with E-state index in [0.29, 0.717) is 58.6 Å². The highest BCUT2D eigenvalue weighted by Gasteiger charge is 2.48. The molecule has 8 rings (SSSR count). The van der Waals surface area contributed by atoms with Gasteiger partial charge in [0.1, 0.15) is 43.7 Å². The summed E-state index contributed by atoms with van der Waals surface area (Å²) in [6, 6.07) is 19.7. The zero-order valence-corrected chi connectivity index (χ0v) is 40.7. The van der Waals surface area contributed by atoms with E-state index in [1.807, 2.05) is 75.4 Å². The minimum atomic E-state index is -1.23. The Kier molecular flexibility index (Phi) is 15.9. The summed E-state index contributed by atoms with van der Waals surface area (Å²) in [5.74, 6) is 14.5. The van der Waals surface area contributed by atoms with Gasteiger partial charge >= 0.3 is 0 Å². The summed E-state index contributed by atoms with van der Waals surface area (Å²) in [6.45, 7) is 8.76. The molecule has 0 saturated carbocycles. The number of aliphatic imine (C=N–C) groups is 1. The molecule has 364 valence electrons. The summed E-state index contributed by atoms with van der Waals surface area (Å²) in [5.41, 5.74) is 5.38. The molecule has 6 aromatic rings. The molecule has 0 unspecified atom stereocenters. The van der Waals surface area contributed by atoms with Gasteiger partial charge in [-0.05, 0) is 78.1 Å². The molecule has 5 heterocycles. The van der Waals surface area contributed by atoms with Crippen molar-refractivity contribution in [2.45, 2.75) is 57.7 Å². The molecule has 1 saturated heterocycles. The number of methoxy groups -OCH3 is 1. The quantitative estimate of drug-likeness (QED) is 0.0592. The third-order valence-electron chi connectivity index (χ3n) is 11.8. The van der Waals surface area contributed by atoms with Gasteiger partial charge in [-0.25, -0.2) is 19.9 Å². The van der Waals surface area contributed by atoms with E-state index < -0.39 is 23.6 Å². The Morgan fingerprint density at radius 2 is 1.77 bits per heavy atom. The lowest BCUT2D eigenvalue weighted by Gasteiger charge is -2.29. The maximum Gasteiger partial charge on any atom is 0.257 e. The van der Waals surface area contributed by atoms with E-state index in [0.717, 1.165) is 27.4 Å². The zero-order chi connectivity index (χ0) is 49.9. The molecule has 71 heavy (non-hydrogen) atoms. The van der Waals surface area contributed by atoms with Crippen LogP contribution in [-0.4, -0.2) is 113 Å². The number of carbonyl (C=O) groups excluding carboxylic acids is 2. The van der Waals surface area contributed by atoms with Gasteiger partial charge in [0.15, 0.2) is 29.4 Å². The number of amidine groups is 1. The van der Waals surface area contributed by atoms with Crippen molar-refractivity contribution in [1.29, 1.82) is 0 Å². The smallest absolute Gasteiger partial charge is 0.257 e.